The van der Waals surface area contributed by atoms with Gasteiger partial charge in [0.1, 0.15) is 0 Å². The zero-order valence-electron chi connectivity index (χ0n) is 9.90. The largest absolute Gasteiger partial charge is 1.00 e. The van der Waals surface area contributed by atoms with Gasteiger partial charge in [-0.15, -0.1) is 23.5 Å². The molecule has 0 fully saturated rings. The second kappa shape index (κ2) is 4.85. The Labute approximate surface area is 114 Å². The number of rotatable bonds is 1. The molecule has 0 amide bonds. The van der Waals surface area contributed by atoms with Crippen LogP contribution in [0.3, 0.4) is 0 Å². The van der Waals surface area contributed by atoms with Crippen molar-refractivity contribution in [1.82, 2.24) is 0 Å². The van der Waals surface area contributed by atoms with Crippen molar-refractivity contribution in [2.24, 2.45) is 0 Å². The van der Waals surface area contributed by atoms with Crippen LogP contribution < -0.4 is 18.9 Å². The van der Waals surface area contributed by atoms with E-state index in [9.17, 15) is 0 Å². The minimum absolute atomic E-state index is 0. The molecule has 0 aliphatic heterocycles. The van der Waals surface area contributed by atoms with Gasteiger partial charge >= 0.3 is 18.9 Å². The van der Waals surface area contributed by atoms with E-state index in [1.165, 1.54) is 22.3 Å². The normalized spacial score (nSPS) is 15.4. The molecule has 1 aliphatic rings. The molecule has 0 spiro atoms. The molecule has 0 saturated heterocycles. The molecule has 0 bridgehead atoms. The summed E-state index contributed by atoms with van der Waals surface area (Å²) in [6.07, 6.45) is 6.21. The van der Waals surface area contributed by atoms with Gasteiger partial charge in [-0.3, -0.25) is 0 Å². The first kappa shape index (κ1) is 12.1. The second-order valence-electron chi connectivity index (χ2n) is 4.05. The van der Waals surface area contributed by atoms with Gasteiger partial charge in [0, 0.05) is 6.42 Å². The van der Waals surface area contributed by atoms with E-state index in [1.807, 2.05) is 12.1 Å². The topological polar surface area (TPSA) is 0 Å². The number of fused-ring (bicyclic) bond motifs is 3. The number of benzene rings is 2. The van der Waals surface area contributed by atoms with E-state index in [-0.39, 0.29) is 18.9 Å². The molecule has 76 valence electrons. The third-order valence-electron chi connectivity index (χ3n) is 3.18. The molecule has 1 aliphatic carbocycles. The minimum Gasteiger partial charge on any atom is -0.179 e. The summed E-state index contributed by atoms with van der Waals surface area (Å²) in [5, 5.41) is 0. The molecule has 0 heterocycles. The molecule has 0 radical (unpaired) electrons. The van der Waals surface area contributed by atoms with Crippen LogP contribution in [0.1, 0.15) is 23.5 Å². The molecule has 0 N–H and O–H groups in total. The third-order valence-corrected chi connectivity index (χ3v) is 3.18. The molecule has 2 aromatic carbocycles. The van der Waals surface area contributed by atoms with Crippen molar-refractivity contribution in [2.45, 2.75) is 12.3 Å². The van der Waals surface area contributed by atoms with Crippen LogP contribution in [-0.4, -0.2) is 0 Å². The average molecular weight is 210 g/mol. The Balaban J connectivity index is 0.00000108. The molecule has 2 aromatic rings. The first-order valence-electron chi connectivity index (χ1n) is 5.45. The first-order chi connectivity index (χ1) is 7.92. The van der Waals surface area contributed by atoms with Crippen LogP contribution in [0.4, 0.5) is 0 Å². The predicted molar refractivity (Wildman–Crippen MR) is 66.0 cm³/mol. The monoisotopic (exact) mass is 210 g/mol. The summed E-state index contributed by atoms with van der Waals surface area (Å²) in [6, 6.07) is 18.0. The van der Waals surface area contributed by atoms with Crippen LogP contribution in [0.2, 0.25) is 0 Å². The van der Waals surface area contributed by atoms with Gasteiger partial charge in [-0.2, -0.15) is 24.3 Å². The Hall–Kier alpha value is -1.40. The molecule has 1 heteroatoms. The number of hydrogen-bond acceptors (Lipinski definition) is 0. The predicted octanol–water partition coefficient (Wildman–Crippen LogP) is 0.626. The fraction of sp³-hybridized carbons (Fsp3) is 0.125. The van der Waals surface area contributed by atoms with Gasteiger partial charge in [0.05, 0.1) is 0 Å². The van der Waals surface area contributed by atoms with Crippen LogP contribution in [0, 0.1) is 18.4 Å². The molecule has 0 saturated carbocycles. The summed E-state index contributed by atoms with van der Waals surface area (Å²) in [6.45, 7) is 0. The van der Waals surface area contributed by atoms with Gasteiger partial charge in [0.2, 0.25) is 0 Å². The molecule has 17 heavy (non-hydrogen) atoms. The van der Waals surface area contributed by atoms with E-state index < -0.39 is 0 Å². The van der Waals surface area contributed by atoms with Crippen molar-refractivity contribution >= 4 is 0 Å². The molecule has 3 rings (SSSR count). The van der Waals surface area contributed by atoms with Crippen molar-refractivity contribution in [3.8, 4) is 23.5 Å². The average Bonchev–Trinajstić information content (AvgIpc) is 2.66. The minimum atomic E-state index is 0. The van der Waals surface area contributed by atoms with Crippen LogP contribution >= 0.6 is 0 Å². The second-order valence-corrected chi connectivity index (χ2v) is 4.05. The van der Waals surface area contributed by atoms with Crippen molar-refractivity contribution in [3.63, 3.8) is 0 Å². The van der Waals surface area contributed by atoms with Gasteiger partial charge in [-0.25, -0.2) is 0 Å². The Morgan fingerprint density at radius 2 is 1.88 bits per heavy atom. The maximum atomic E-state index is 5.46. The van der Waals surface area contributed by atoms with Crippen molar-refractivity contribution in [3.05, 3.63) is 59.7 Å². The Kier molecular flexibility index (Phi) is 3.44. The summed E-state index contributed by atoms with van der Waals surface area (Å²) >= 11 is 0. The van der Waals surface area contributed by atoms with Gasteiger partial charge in [0.25, 0.3) is 0 Å². The van der Waals surface area contributed by atoms with Gasteiger partial charge in [-0.1, -0.05) is 29.8 Å². The number of terminal acetylenes is 1. The molecule has 0 nitrogen and oxygen atoms in total. The molecular weight excluding hydrogens is 199 g/mol. The van der Waals surface area contributed by atoms with Gasteiger partial charge in [0.15, 0.2) is 0 Å². The zero-order chi connectivity index (χ0) is 11.0. The maximum Gasteiger partial charge on any atom is 1.00 e. The zero-order valence-corrected chi connectivity index (χ0v) is 9.90. The van der Waals surface area contributed by atoms with Crippen LogP contribution in [0.25, 0.3) is 11.1 Å². The van der Waals surface area contributed by atoms with E-state index in [1.54, 1.807) is 0 Å². The molecule has 0 aromatic heterocycles. The van der Waals surface area contributed by atoms with Crippen molar-refractivity contribution in [2.75, 3.05) is 0 Å². The maximum absolute atomic E-state index is 5.46. The Bertz CT molecular complexity index is 533. The van der Waals surface area contributed by atoms with Crippen molar-refractivity contribution < 1.29 is 18.9 Å². The van der Waals surface area contributed by atoms with E-state index >= 15 is 0 Å². The van der Waals surface area contributed by atoms with Gasteiger partial charge < -0.3 is 0 Å². The summed E-state index contributed by atoms with van der Waals surface area (Å²) in [4.78, 5) is 0. The fourth-order valence-electron chi connectivity index (χ4n) is 2.50. The summed E-state index contributed by atoms with van der Waals surface area (Å²) in [5.41, 5.74) is 5.20. The molecular formula is C16H11Li. The van der Waals surface area contributed by atoms with Crippen LogP contribution in [-0.2, 0) is 0 Å². The SMILES string of the molecule is C#CCC1c2[c-]cccc2-c2ccccc21.[Li+]. The summed E-state index contributed by atoms with van der Waals surface area (Å²) in [5.74, 6) is 3.10. The van der Waals surface area contributed by atoms with E-state index in [0.29, 0.717) is 5.92 Å². The first-order valence-corrected chi connectivity index (χ1v) is 5.45. The smallest absolute Gasteiger partial charge is 0.179 e. The van der Waals surface area contributed by atoms with Gasteiger partial charge in [-0.05, 0) is 11.5 Å². The van der Waals surface area contributed by atoms with Crippen LogP contribution in [0.5, 0.6) is 0 Å². The fourth-order valence-corrected chi connectivity index (χ4v) is 2.50. The third kappa shape index (κ3) is 1.83. The number of hydrogen-bond donors (Lipinski definition) is 0. The molecule has 1 atom stereocenters. The Morgan fingerprint density at radius 3 is 2.71 bits per heavy atom. The summed E-state index contributed by atoms with van der Waals surface area (Å²) in [7, 11) is 0. The molecule has 1 unspecified atom stereocenters. The Morgan fingerprint density at radius 1 is 1.12 bits per heavy atom. The van der Waals surface area contributed by atoms with E-state index in [2.05, 4.69) is 42.3 Å². The summed E-state index contributed by atoms with van der Waals surface area (Å²) < 4.78 is 0. The van der Waals surface area contributed by atoms with Crippen molar-refractivity contribution in [1.29, 1.82) is 0 Å². The quantitative estimate of drug-likeness (QED) is 0.368. The van der Waals surface area contributed by atoms with Crippen LogP contribution in [0.15, 0.2) is 42.5 Å². The van der Waals surface area contributed by atoms with E-state index in [0.717, 1.165) is 6.42 Å². The van der Waals surface area contributed by atoms with E-state index in [4.69, 9.17) is 6.42 Å². The standard InChI is InChI=1S/C16H11.Li/c1-2-7-12-13-8-3-5-10-15(13)16-11-6-4-9-14(12)16;/h1,3-6,8,10-12H,7H2;/q-1;+1.